The maximum atomic E-state index is 12.6. The summed E-state index contributed by atoms with van der Waals surface area (Å²) in [6, 6.07) is 8.88. The molecule has 2 rings (SSSR count). The molecule has 1 aromatic heterocycles. The van der Waals surface area contributed by atoms with Crippen LogP contribution in [0, 0.1) is 0 Å². The number of hydrogen-bond acceptors (Lipinski definition) is 8. The van der Waals surface area contributed by atoms with Gasteiger partial charge >= 0.3 is 0 Å². The molecule has 1 amide bonds. The van der Waals surface area contributed by atoms with Crippen LogP contribution in [0.5, 0.6) is 11.5 Å². The smallest absolute Gasteiger partial charge is 0.297 e. The molecule has 4 N–H and O–H groups in total. The Hall–Kier alpha value is -3.44. The number of amidine groups is 1. The molecule has 0 fully saturated rings. The van der Waals surface area contributed by atoms with Crippen molar-refractivity contribution in [1.29, 1.82) is 0 Å². The highest BCUT2D eigenvalue weighted by Crippen LogP contribution is 2.26. The quantitative estimate of drug-likeness (QED) is 0.357. The number of sulfone groups is 1. The number of aromatic nitrogens is 1. The predicted molar refractivity (Wildman–Crippen MR) is 123 cm³/mol. The molecule has 0 aliphatic rings. The van der Waals surface area contributed by atoms with Crippen LogP contribution in [0.15, 0.2) is 58.6 Å². The first kappa shape index (κ1) is 24.8. The fourth-order valence-corrected chi connectivity index (χ4v) is 3.19. The molecule has 2 aromatic rings. The second-order valence-electron chi connectivity index (χ2n) is 6.88. The third-order valence-corrected chi connectivity index (χ3v) is 5.10. The van der Waals surface area contributed by atoms with Gasteiger partial charge in [-0.15, -0.1) is 0 Å². The Balaban J connectivity index is 2.37. The fourth-order valence-electron chi connectivity index (χ4n) is 2.56. The summed E-state index contributed by atoms with van der Waals surface area (Å²) in [5.74, 6) is 0.433. The Kier molecular flexibility index (Phi) is 8.73. The number of aliphatic imine (C=N–C) groups is 1. The number of ether oxygens (including phenoxy) is 2. The van der Waals surface area contributed by atoms with Gasteiger partial charge in [0.05, 0.1) is 11.5 Å². The van der Waals surface area contributed by atoms with Crippen molar-refractivity contribution in [1.82, 2.24) is 10.3 Å². The molecule has 0 aliphatic carbocycles. The molecule has 0 bridgehead atoms. The summed E-state index contributed by atoms with van der Waals surface area (Å²) < 4.78 is 34.2. The van der Waals surface area contributed by atoms with Gasteiger partial charge in [-0.3, -0.25) is 4.79 Å². The van der Waals surface area contributed by atoms with Crippen LogP contribution in [0.2, 0.25) is 0 Å². The van der Waals surface area contributed by atoms with Gasteiger partial charge in [0.15, 0.2) is 9.84 Å². The average molecular weight is 462 g/mol. The Morgan fingerprint density at radius 1 is 1.25 bits per heavy atom. The van der Waals surface area contributed by atoms with E-state index >= 15 is 0 Å². The standard InChI is InChI=1S/C21H27N5O5S/c1-14(13-30-3)24-20-12-16(31-15-5-7-17(8-6-15)32(4,28)29)11-18(25-20)21(27)26-19(22)9-10-23-2/h5-12,14,23H,13H2,1-4H3,(H,24,25)(H2,22,26,27)/b10-9-. The van der Waals surface area contributed by atoms with E-state index in [4.69, 9.17) is 15.2 Å². The van der Waals surface area contributed by atoms with Crippen molar-refractivity contribution in [2.75, 3.05) is 32.3 Å². The zero-order valence-electron chi connectivity index (χ0n) is 18.3. The molecule has 11 heteroatoms. The lowest BCUT2D eigenvalue weighted by atomic mass is 10.3. The number of rotatable bonds is 10. The average Bonchev–Trinajstić information content (AvgIpc) is 2.72. The van der Waals surface area contributed by atoms with Crippen LogP contribution in [0.1, 0.15) is 17.4 Å². The van der Waals surface area contributed by atoms with Crippen molar-refractivity contribution in [3.05, 3.63) is 54.4 Å². The number of nitrogens with zero attached hydrogens (tertiary/aromatic N) is 2. The van der Waals surface area contributed by atoms with Crippen molar-refractivity contribution >= 4 is 27.4 Å². The Morgan fingerprint density at radius 2 is 1.94 bits per heavy atom. The van der Waals surface area contributed by atoms with Crippen molar-refractivity contribution < 1.29 is 22.7 Å². The monoisotopic (exact) mass is 461 g/mol. The minimum atomic E-state index is -3.32. The third kappa shape index (κ3) is 7.67. The summed E-state index contributed by atoms with van der Waals surface area (Å²) in [5, 5.41) is 5.89. The molecule has 1 aromatic carbocycles. The molecule has 1 heterocycles. The highest BCUT2D eigenvalue weighted by molar-refractivity contribution is 7.90. The summed E-state index contributed by atoms with van der Waals surface area (Å²) in [6.45, 7) is 2.31. The molecule has 0 spiro atoms. The number of anilines is 1. The van der Waals surface area contributed by atoms with E-state index in [9.17, 15) is 13.2 Å². The molecule has 0 saturated carbocycles. The molecule has 1 unspecified atom stereocenters. The van der Waals surface area contributed by atoms with E-state index in [1.165, 1.54) is 36.4 Å². The summed E-state index contributed by atoms with van der Waals surface area (Å²) in [5.41, 5.74) is 5.75. The number of carbonyl (C=O) groups excluding carboxylic acids is 1. The van der Waals surface area contributed by atoms with Gasteiger partial charge in [0.25, 0.3) is 5.91 Å². The maximum Gasteiger partial charge on any atom is 0.297 e. The van der Waals surface area contributed by atoms with E-state index in [-0.39, 0.29) is 22.5 Å². The first-order chi connectivity index (χ1) is 15.1. The number of benzene rings is 1. The number of nitrogens with one attached hydrogen (secondary N) is 2. The minimum absolute atomic E-state index is 0.0103. The van der Waals surface area contributed by atoms with E-state index < -0.39 is 15.7 Å². The number of amides is 1. The summed E-state index contributed by atoms with van der Waals surface area (Å²) in [4.78, 5) is 20.9. The molecule has 172 valence electrons. The molecular weight excluding hydrogens is 434 g/mol. The van der Waals surface area contributed by atoms with Crippen LogP contribution >= 0.6 is 0 Å². The first-order valence-corrected chi connectivity index (χ1v) is 11.5. The molecule has 32 heavy (non-hydrogen) atoms. The molecule has 0 saturated heterocycles. The highest BCUT2D eigenvalue weighted by atomic mass is 32.2. The van der Waals surface area contributed by atoms with Crippen LogP contribution in [0.4, 0.5) is 5.82 Å². The van der Waals surface area contributed by atoms with E-state index in [1.54, 1.807) is 26.4 Å². The largest absolute Gasteiger partial charge is 0.457 e. The predicted octanol–water partition coefficient (Wildman–Crippen LogP) is 1.95. The lowest BCUT2D eigenvalue weighted by Gasteiger charge is -2.15. The number of hydrogen-bond donors (Lipinski definition) is 3. The lowest BCUT2D eigenvalue weighted by molar-refractivity contribution is 0.0998. The topological polar surface area (TPSA) is 145 Å². The van der Waals surface area contributed by atoms with Gasteiger partial charge in [-0.05, 0) is 43.5 Å². The molecule has 1 atom stereocenters. The number of nitrogens with two attached hydrogens (primary N) is 1. The Bertz CT molecular complexity index is 1100. The third-order valence-electron chi connectivity index (χ3n) is 3.97. The zero-order chi connectivity index (χ0) is 23.7. The zero-order valence-corrected chi connectivity index (χ0v) is 19.1. The van der Waals surface area contributed by atoms with Crippen LogP contribution in [-0.4, -0.2) is 58.2 Å². The Labute approximate surface area is 187 Å². The second kappa shape index (κ2) is 11.3. The van der Waals surface area contributed by atoms with Gasteiger partial charge in [-0.25, -0.2) is 13.4 Å². The maximum absolute atomic E-state index is 12.6. The normalized spacial score (nSPS) is 13.1. The first-order valence-electron chi connectivity index (χ1n) is 9.60. The van der Waals surface area contributed by atoms with Crippen molar-refractivity contribution in [2.24, 2.45) is 10.7 Å². The van der Waals surface area contributed by atoms with Gasteiger partial charge in [0.1, 0.15) is 28.8 Å². The van der Waals surface area contributed by atoms with Crippen LogP contribution in [-0.2, 0) is 14.6 Å². The van der Waals surface area contributed by atoms with Gasteiger partial charge in [-0.2, -0.15) is 4.99 Å². The van der Waals surface area contributed by atoms with E-state index in [2.05, 4.69) is 20.6 Å². The van der Waals surface area contributed by atoms with E-state index in [0.29, 0.717) is 23.9 Å². The Morgan fingerprint density at radius 3 is 2.53 bits per heavy atom. The SMILES string of the molecule is CN/C=C\C(N)=NC(=O)c1cc(Oc2ccc(S(C)(=O)=O)cc2)cc(NC(C)COC)n1. The fraction of sp³-hybridized carbons (Fsp3) is 0.286. The molecule has 10 nitrogen and oxygen atoms in total. The van der Waals surface area contributed by atoms with Crippen molar-refractivity contribution in [2.45, 2.75) is 17.9 Å². The van der Waals surface area contributed by atoms with Gasteiger partial charge in [0, 0.05) is 38.6 Å². The van der Waals surface area contributed by atoms with Crippen molar-refractivity contribution in [3.8, 4) is 11.5 Å². The lowest BCUT2D eigenvalue weighted by Crippen LogP contribution is -2.22. The van der Waals surface area contributed by atoms with Crippen molar-refractivity contribution in [3.63, 3.8) is 0 Å². The summed E-state index contributed by atoms with van der Waals surface area (Å²) >= 11 is 0. The van der Waals surface area contributed by atoms with E-state index in [0.717, 1.165) is 6.26 Å². The summed E-state index contributed by atoms with van der Waals surface area (Å²) in [6.07, 6.45) is 4.11. The van der Waals surface area contributed by atoms with Gasteiger partial charge in [0.2, 0.25) is 0 Å². The second-order valence-corrected chi connectivity index (χ2v) is 8.90. The van der Waals surface area contributed by atoms with Gasteiger partial charge in [-0.1, -0.05) is 0 Å². The molecule has 0 aliphatic heterocycles. The van der Waals surface area contributed by atoms with E-state index in [1.807, 2.05) is 6.92 Å². The number of methoxy groups -OCH3 is 1. The van der Waals surface area contributed by atoms with Gasteiger partial charge < -0.3 is 25.8 Å². The highest BCUT2D eigenvalue weighted by Gasteiger charge is 2.14. The van der Waals surface area contributed by atoms with Crippen LogP contribution in [0.3, 0.4) is 0 Å². The number of carbonyl (C=O) groups is 1. The molecular formula is C21H27N5O5S. The summed E-state index contributed by atoms with van der Waals surface area (Å²) in [7, 11) is -0.0532. The minimum Gasteiger partial charge on any atom is -0.457 e. The molecule has 0 radical (unpaired) electrons. The van der Waals surface area contributed by atoms with Crippen LogP contribution in [0.25, 0.3) is 0 Å². The number of pyridine rings is 1. The van der Waals surface area contributed by atoms with Crippen LogP contribution < -0.4 is 21.1 Å².